The van der Waals surface area contributed by atoms with Gasteiger partial charge in [0.25, 0.3) is 5.91 Å². The Morgan fingerprint density at radius 3 is 2.72 bits per heavy atom. The van der Waals surface area contributed by atoms with Gasteiger partial charge in [-0.25, -0.2) is 8.78 Å². The van der Waals surface area contributed by atoms with Crippen molar-refractivity contribution < 1.29 is 18.3 Å². The third-order valence-electron chi connectivity index (χ3n) is 7.44. The fourth-order valence-electron chi connectivity index (χ4n) is 5.13. The number of aromatic amines is 1. The number of nitrogens with zero attached hydrogens (tertiary/aromatic N) is 1. The van der Waals surface area contributed by atoms with E-state index in [0.29, 0.717) is 17.2 Å². The fourth-order valence-corrected chi connectivity index (χ4v) is 5.13. The maximum absolute atomic E-state index is 14.5. The second kappa shape index (κ2) is 10.1. The molecule has 0 bridgehead atoms. The molecule has 2 heterocycles. The van der Waals surface area contributed by atoms with Gasteiger partial charge in [0.1, 0.15) is 12.4 Å². The number of fused-ring (bicyclic) bond motifs is 2. The number of amides is 1. The smallest absolute Gasteiger partial charge is 0.252 e. The summed E-state index contributed by atoms with van der Waals surface area (Å²) >= 11 is 0. The average Bonchev–Trinajstić information content (AvgIpc) is 3.55. The molecule has 6 rings (SSSR count). The van der Waals surface area contributed by atoms with Crippen molar-refractivity contribution in [2.75, 3.05) is 13.2 Å². The highest BCUT2D eigenvalue weighted by atomic mass is 35.5. The Bertz CT molecular complexity index is 1310. The topological polar surface area (TPSA) is 57.4 Å². The SMILES string of the molecule is Cl.O=C(NC1CC1)c1ccc(F)c2c1C=C(N(CCCc1c[nH]c3ccc(F)cc13)C1CCC1)CO2. The molecular formula is C28H30ClF2N3O2. The highest BCUT2D eigenvalue weighted by molar-refractivity contribution is 5.99. The minimum Gasteiger partial charge on any atom is -0.484 e. The van der Waals surface area contributed by atoms with Crippen molar-refractivity contribution in [2.45, 2.75) is 57.0 Å². The van der Waals surface area contributed by atoms with Gasteiger partial charge in [0.2, 0.25) is 0 Å². The van der Waals surface area contributed by atoms with Crippen LogP contribution in [-0.4, -0.2) is 41.0 Å². The van der Waals surface area contributed by atoms with Crippen LogP contribution < -0.4 is 10.1 Å². The molecule has 1 amide bonds. The fraction of sp³-hybridized carbons (Fsp3) is 0.393. The number of hydrogen-bond acceptors (Lipinski definition) is 3. The molecule has 0 radical (unpaired) electrons. The minimum absolute atomic E-state index is 0. The average molecular weight is 514 g/mol. The lowest BCUT2D eigenvalue weighted by Gasteiger charge is -2.41. The van der Waals surface area contributed by atoms with Gasteiger partial charge in [-0.05, 0) is 86.9 Å². The Morgan fingerprint density at radius 1 is 1.14 bits per heavy atom. The van der Waals surface area contributed by atoms with Gasteiger partial charge in [0.05, 0.1) is 11.3 Å². The molecule has 2 aliphatic carbocycles. The molecule has 0 spiro atoms. The van der Waals surface area contributed by atoms with Crippen molar-refractivity contribution in [3.8, 4) is 5.75 Å². The van der Waals surface area contributed by atoms with Crippen LogP contribution in [0.15, 0.2) is 42.2 Å². The number of carbonyl (C=O) groups is 1. The van der Waals surface area contributed by atoms with Crippen LogP contribution >= 0.6 is 12.4 Å². The number of hydrogen-bond donors (Lipinski definition) is 2. The summed E-state index contributed by atoms with van der Waals surface area (Å²) < 4.78 is 34.2. The number of benzene rings is 2. The molecule has 3 aliphatic rings. The molecule has 1 aliphatic heterocycles. The number of ether oxygens (including phenoxy) is 1. The van der Waals surface area contributed by atoms with Crippen LogP contribution in [-0.2, 0) is 6.42 Å². The summed E-state index contributed by atoms with van der Waals surface area (Å²) in [4.78, 5) is 18.4. The van der Waals surface area contributed by atoms with Crippen LogP contribution in [0.25, 0.3) is 17.0 Å². The maximum Gasteiger partial charge on any atom is 0.252 e. The summed E-state index contributed by atoms with van der Waals surface area (Å²) in [5.74, 6) is -0.690. The van der Waals surface area contributed by atoms with E-state index in [4.69, 9.17) is 4.74 Å². The predicted molar refractivity (Wildman–Crippen MR) is 139 cm³/mol. The first kappa shape index (κ1) is 24.6. The van der Waals surface area contributed by atoms with Crippen LogP contribution in [0.2, 0.25) is 0 Å². The van der Waals surface area contributed by atoms with Gasteiger partial charge in [0, 0.05) is 41.3 Å². The van der Waals surface area contributed by atoms with Crippen molar-refractivity contribution in [2.24, 2.45) is 0 Å². The lowest BCUT2D eigenvalue weighted by atomic mass is 9.90. The van der Waals surface area contributed by atoms with Crippen LogP contribution in [0.5, 0.6) is 5.75 Å². The Labute approximate surface area is 215 Å². The number of nitrogens with one attached hydrogen (secondary N) is 2. The summed E-state index contributed by atoms with van der Waals surface area (Å²) in [5, 5.41) is 3.93. The van der Waals surface area contributed by atoms with Gasteiger partial charge in [-0.3, -0.25) is 4.79 Å². The Kier molecular flexibility index (Phi) is 6.93. The number of carbonyl (C=O) groups excluding carboxylic acids is 1. The first-order valence-electron chi connectivity index (χ1n) is 12.6. The quantitative estimate of drug-likeness (QED) is 0.389. The van der Waals surface area contributed by atoms with Crippen LogP contribution in [0.1, 0.15) is 60.0 Å². The number of halogens is 3. The zero-order chi connectivity index (χ0) is 23.9. The molecule has 0 unspecified atom stereocenters. The van der Waals surface area contributed by atoms with E-state index in [1.807, 2.05) is 12.3 Å². The number of rotatable bonds is 8. The van der Waals surface area contributed by atoms with E-state index in [-0.39, 0.29) is 42.5 Å². The van der Waals surface area contributed by atoms with E-state index >= 15 is 0 Å². The molecule has 0 atom stereocenters. The summed E-state index contributed by atoms with van der Waals surface area (Å²) in [5.41, 5.74) is 4.02. The van der Waals surface area contributed by atoms with E-state index in [0.717, 1.165) is 67.2 Å². The van der Waals surface area contributed by atoms with Gasteiger partial charge in [-0.2, -0.15) is 0 Å². The summed E-state index contributed by atoms with van der Waals surface area (Å²) in [6.07, 6.45) is 11.0. The van der Waals surface area contributed by atoms with Gasteiger partial charge >= 0.3 is 0 Å². The molecule has 2 fully saturated rings. The molecule has 36 heavy (non-hydrogen) atoms. The predicted octanol–water partition coefficient (Wildman–Crippen LogP) is 5.98. The second-order valence-electron chi connectivity index (χ2n) is 9.90. The first-order valence-corrected chi connectivity index (χ1v) is 12.6. The van der Waals surface area contributed by atoms with E-state index in [1.54, 1.807) is 18.2 Å². The van der Waals surface area contributed by atoms with Crippen LogP contribution in [0.4, 0.5) is 8.78 Å². The lowest BCUT2D eigenvalue weighted by molar-refractivity contribution is 0.0950. The van der Waals surface area contributed by atoms with E-state index in [9.17, 15) is 13.6 Å². The van der Waals surface area contributed by atoms with E-state index in [1.165, 1.54) is 18.6 Å². The number of aromatic nitrogens is 1. The number of aryl methyl sites for hydroxylation is 1. The summed E-state index contributed by atoms with van der Waals surface area (Å²) in [6.45, 7) is 1.10. The first-order chi connectivity index (χ1) is 17.1. The van der Waals surface area contributed by atoms with Gasteiger partial charge in [-0.1, -0.05) is 0 Å². The largest absolute Gasteiger partial charge is 0.484 e. The minimum atomic E-state index is -0.444. The van der Waals surface area contributed by atoms with Gasteiger partial charge < -0.3 is 19.9 Å². The molecular weight excluding hydrogens is 484 g/mol. The summed E-state index contributed by atoms with van der Waals surface area (Å²) in [6, 6.07) is 8.33. The zero-order valence-electron chi connectivity index (χ0n) is 20.0. The molecule has 3 aromatic rings. The third-order valence-corrected chi connectivity index (χ3v) is 7.44. The van der Waals surface area contributed by atoms with E-state index < -0.39 is 5.82 Å². The number of H-pyrrole nitrogens is 1. The molecule has 5 nitrogen and oxygen atoms in total. The standard InChI is InChI=1S/C28H29F2N3O2.ClH/c29-18-6-11-26-23(13-18)17(15-31-26)3-2-12-33(20-4-1-5-20)21-14-24-22(28(34)32-19-7-8-19)9-10-25(30)27(24)35-16-21;/h6,9-11,13-15,19-20,31H,1-5,7-8,12,16H2,(H,32,34);1H. The van der Waals surface area contributed by atoms with Crippen LogP contribution in [0.3, 0.4) is 0 Å². The highest BCUT2D eigenvalue weighted by Crippen LogP contribution is 2.36. The zero-order valence-corrected chi connectivity index (χ0v) is 20.8. The van der Waals surface area contributed by atoms with Crippen molar-refractivity contribution in [3.63, 3.8) is 0 Å². The highest BCUT2D eigenvalue weighted by Gasteiger charge is 2.31. The van der Waals surface area contributed by atoms with E-state index in [2.05, 4.69) is 15.2 Å². The second-order valence-corrected chi connectivity index (χ2v) is 9.90. The van der Waals surface area contributed by atoms with Crippen molar-refractivity contribution in [1.82, 2.24) is 15.2 Å². The Morgan fingerprint density at radius 2 is 1.97 bits per heavy atom. The monoisotopic (exact) mass is 513 g/mol. The van der Waals surface area contributed by atoms with Gasteiger partial charge in [0.15, 0.2) is 11.6 Å². The summed E-state index contributed by atoms with van der Waals surface area (Å²) in [7, 11) is 0. The lowest BCUT2D eigenvalue weighted by Crippen LogP contribution is -2.42. The molecule has 190 valence electrons. The normalized spacial score (nSPS) is 16.9. The molecule has 1 aromatic heterocycles. The van der Waals surface area contributed by atoms with Crippen molar-refractivity contribution in [3.05, 3.63) is 70.6 Å². The molecule has 8 heteroatoms. The maximum atomic E-state index is 14.5. The Hall–Kier alpha value is -3.06. The van der Waals surface area contributed by atoms with Crippen molar-refractivity contribution >= 4 is 35.3 Å². The molecule has 2 aromatic carbocycles. The molecule has 2 saturated carbocycles. The van der Waals surface area contributed by atoms with Gasteiger partial charge in [-0.15, -0.1) is 12.4 Å². The third kappa shape index (κ3) is 4.81. The van der Waals surface area contributed by atoms with Crippen LogP contribution in [0, 0.1) is 11.6 Å². The Balaban J connectivity index is 0.00000267. The molecule has 2 N–H and O–H groups in total. The molecule has 0 saturated heterocycles. The van der Waals surface area contributed by atoms with Crippen molar-refractivity contribution in [1.29, 1.82) is 0 Å².